The molecule has 0 spiro atoms. The third-order valence-corrected chi connectivity index (χ3v) is 7.62. The van der Waals surface area contributed by atoms with Crippen LogP contribution < -0.4 is 0 Å². The second-order valence-corrected chi connectivity index (χ2v) is 9.07. The van der Waals surface area contributed by atoms with Gasteiger partial charge in [-0.2, -0.15) is 0 Å². The Kier molecular flexibility index (Phi) is 4.07. The van der Waals surface area contributed by atoms with E-state index in [2.05, 4.69) is 20.8 Å². The zero-order chi connectivity index (χ0) is 16.9. The molecular weight excluding hydrogens is 288 g/mol. The Hall–Kier alpha value is -0.960. The monoisotopic (exact) mass is 318 g/mol. The average molecular weight is 318 g/mol. The molecule has 0 amide bonds. The summed E-state index contributed by atoms with van der Waals surface area (Å²) < 4.78 is 0. The molecule has 23 heavy (non-hydrogen) atoms. The fourth-order valence-corrected chi connectivity index (χ4v) is 6.46. The van der Waals surface area contributed by atoms with Gasteiger partial charge in [0.1, 0.15) is 12.6 Å². The van der Waals surface area contributed by atoms with Crippen molar-refractivity contribution in [2.24, 2.45) is 28.1 Å². The van der Waals surface area contributed by atoms with Crippen LogP contribution in [0, 0.1) is 28.1 Å². The molecule has 2 unspecified atom stereocenters. The summed E-state index contributed by atoms with van der Waals surface area (Å²) in [6.45, 7) is 7.07. The molecule has 3 heteroatoms. The first kappa shape index (κ1) is 16.9. The SMILES string of the molecule is CC1(C)CCC[C@@]2(C)C1CC[C@@]1(C=O)C(O)CC(C=O)=CC[C@H]21. The van der Waals surface area contributed by atoms with E-state index in [1.165, 1.54) is 12.8 Å². The highest BCUT2D eigenvalue weighted by atomic mass is 16.3. The van der Waals surface area contributed by atoms with Gasteiger partial charge >= 0.3 is 0 Å². The van der Waals surface area contributed by atoms with Gasteiger partial charge in [-0.25, -0.2) is 0 Å². The van der Waals surface area contributed by atoms with Crippen LogP contribution in [0.1, 0.15) is 65.7 Å². The van der Waals surface area contributed by atoms with Crippen molar-refractivity contribution >= 4 is 12.6 Å². The Morgan fingerprint density at radius 1 is 1.13 bits per heavy atom. The molecule has 3 aliphatic carbocycles. The van der Waals surface area contributed by atoms with Crippen LogP contribution in [0.4, 0.5) is 0 Å². The molecule has 0 aromatic rings. The molecule has 0 aromatic carbocycles. The second-order valence-electron chi connectivity index (χ2n) is 9.07. The lowest BCUT2D eigenvalue weighted by atomic mass is 9.42. The van der Waals surface area contributed by atoms with Gasteiger partial charge in [0.05, 0.1) is 11.5 Å². The molecule has 0 heterocycles. The zero-order valence-electron chi connectivity index (χ0n) is 14.7. The summed E-state index contributed by atoms with van der Waals surface area (Å²) in [5.74, 6) is 0.721. The van der Waals surface area contributed by atoms with Gasteiger partial charge in [-0.3, -0.25) is 4.79 Å². The molecule has 3 aliphatic rings. The van der Waals surface area contributed by atoms with Gasteiger partial charge in [0, 0.05) is 6.42 Å². The minimum Gasteiger partial charge on any atom is -0.392 e. The lowest BCUT2D eigenvalue weighted by molar-refractivity contribution is -0.170. The highest BCUT2D eigenvalue weighted by Crippen LogP contribution is 2.66. The first-order valence-corrected chi connectivity index (χ1v) is 9.09. The maximum Gasteiger partial charge on any atom is 0.145 e. The topological polar surface area (TPSA) is 54.4 Å². The van der Waals surface area contributed by atoms with E-state index in [1.807, 2.05) is 6.08 Å². The predicted octanol–water partition coefficient (Wildman–Crippen LogP) is 3.69. The van der Waals surface area contributed by atoms with Crippen LogP contribution in [-0.2, 0) is 9.59 Å². The van der Waals surface area contributed by atoms with Crippen LogP contribution in [0.2, 0.25) is 0 Å². The van der Waals surface area contributed by atoms with Gasteiger partial charge in [0.25, 0.3) is 0 Å². The summed E-state index contributed by atoms with van der Waals surface area (Å²) in [6.07, 6.45) is 9.52. The van der Waals surface area contributed by atoms with Crippen LogP contribution in [0.3, 0.4) is 0 Å². The van der Waals surface area contributed by atoms with Crippen molar-refractivity contribution in [2.45, 2.75) is 71.8 Å². The molecule has 2 saturated carbocycles. The van der Waals surface area contributed by atoms with Crippen molar-refractivity contribution in [1.29, 1.82) is 0 Å². The number of aliphatic hydroxyl groups is 1. The molecular formula is C20H30O3. The third kappa shape index (κ3) is 2.34. The highest BCUT2D eigenvalue weighted by Gasteiger charge is 2.61. The first-order chi connectivity index (χ1) is 10.8. The summed E-state index contributed by atoms with van der Waals surface area (Å²) >= 11 is 0. The summed E-state index contributed by atoms with van der Waals surface area (Å²) in [7, 11) is 0. The third-order valence-electron chi connectivity index (χ3n) is 7.62. The number of hydrogen-bond acceptors (Lipinski definition) is 3. The smallest absolute Gasteiger partial charge is 0.145 e. The minimum absolute atomic E-state index is 0.0662. The van der Waals surface area contributed by atoms with Gasteiger partial charge in [-0.1, -0.05) is 33.3 Å². The highest BCUT2D eigenvalue weighted by molar-refractivity contribution is 5.74. The van der Waals surface area contributed by atoms with Crippen molar-refractivity contribution in [1.82, 2.24) is 0 Å². The van der Waals surface area contributed by atoms with Crippen molar-refractivity contribution in [2.75, 3.05) is 0 Å². The standard InChI is InChI=1S/C20H30O3/c1-18(2)8-4-9-19(3)15(18)7-10-20(13-22)16(19)6-5-14(12-21)11-17(20)23/h5,12-13,15-17,23H,4,6-11H2,1-3H3/t15?,16-,17?,19+,20+/m1/s1. The van der Waals surface area contributed by atoms with Crippen molar-refractivity contribution in [3.05, 3.63) is 11.6 Å². The Bertz CT molecular complexity index is 535. The summed E-state index contributed by atoms with van der Waals surface area (Å²) in [4.78, 5) is 23.4. The Balaban J connectivity index is 2.08. The summed E-state index contributed by atoms with van der Waals surface area (Å²) in [6, 6.07) is 0. The summed E-state index contributed by atoms with van der Waals surface area (Å²) in [5, 5.41) is 10.8. The van der Waals surface area contributed by atoms with Crippen molar-refractivity contribution in [3.8, 4) is 0 Å². The molecule has 0 bridgehead atoms. The number of allylic oxidation sites excluding steroid dienone is 1. The van der Waals surface area contributed by atoms with E-state index in [0.29, 0.717) is 17.9 Å². The molecule has 2 fully saturated rings. The summed E-state index contributed by atoms with van der Waals surface area (Å²) in [5.41, 5.74) is 0.330. The fraction of sp³-hybridized carbons (Fsp3) is 0.800. The quantitative estimate of drug-likeness (QED) is 0.790. The fourth-order valence-electron chi connectivity index (χ4n) is 6.46. The number of carbonyl (C=O) groups excluding carboxylic acids is 2. The maximum absolute atomic E-state index is 12.2. The minimum atomic E-state index is -0.730. The van der Waals surface area contributed by atoms with Crippen molar-refractivity contribution in [3.63, 3.8) is 0 Å². The number of aldehydes is 2. The lowest BCUT2D eigenvalue weighted by Gasteiger charge is -2.62. The van der Waals surface area contributed by atoms with Gasteiger partial charge in [-0.15, -0.1) is 0 Å². The van der Waals surface area contributed by atoms with Gasteiger partial charge in [0.2, 0.25) is 0 Å². The molecule has 1 N–H and O–H groups in total. The average Bonchev–Trinajstić information content (AvgIpc) is 2.64. The molecule has 0 aliphatic heterocycles. The lowest BCUT2D eigenvalue weighted by Crippen LogP contribution is -2.59. The number of hydrogen-bond donors (Lipinski definition) is 1. The second kappa shape index (κ2) is 5.54. The molecule has 0 radical (unpaired) electrons. The van der Waals surface area contributed by atoms with Gasteiger partial charge in [0.15, 0.2) is 0 Å². The van der Waals surface area contributed by atoms with Crippen molar-refractivity contribution < 1.29 is 14.7 Å². The molecule has 5 atom stereocenters. The molecule has 0 saturated heterocycles. The number of carbonyl (C=O) groups is 2. The van der Waals surface area contributed by atoms with Crippen LogP contribution in [0.15, 0.2) is 11.6 Å². The largest absolute Gasteiger partial charge is 0.392 e. The van der Waals surface area contributed by atoms with Gasteiger partial charge in [-0.05, 0) is 60.3 Å². The van der Waals surface area contributed by atoms with Crippen LogP contribution in [0.5, 0.6) is 0 Å². The van der Waals surface area contributed by atoms with E-state index < -0.39 is 11.5 Å². The molecule has 3 nitrogen and oxygen atoms in total. The van der Waals surface area contributed by atoms with E-state index >= 15 is 0 Å². The normalized spacial score (nSPS) is 45.9. The zero-order valence-corrected chi connectivity index (χ0v) is 14.7. The predicted molar refractivity (Wildman–Crippen MR) is 89.8 cm³/mol. The molecule has 0 aromatic heterocycles. The number of rotatable bonds is 2. The van der Waals surface area contributed by atoms with E-state index in [9.17, 15) is 14.7 Å². The van der Waals surface area contributed by atoms with E-state index in [-0.39, 0.29) is 16.7 Å². The number of aliphatic hydroxyl groups excluding tert-OH is 1. The number of fused-ring (bicyclic) bond motifs is 3. The maximum atomic E-state index is 12.2. The Morgan fingerprint density at radius 2 is 1.87 bits per heavy atom. The van der Waals surface area contributed by atoms with Crippen LogP contribution in [0.25, 0.3) is 0 Å². The van der Waals surface area contributed by atoms with Crippen LogP contribution >= 0.6 is 0 Å². The van der Waals surface area contributed by atoms with Crippen LogP contribution in [-0.4, -0.2) is 23.8 Å². The first-order valence-electron chi connectivity index (χ1n) is 9.09. The Morgan fingerprint density at radius 3 is 2.52 bits per heavy atom. The molecule has 3 rings (SSSR count). The van der Waals surface area contributed by atoms with E-state index in [0.717, 1.165) is 38.3 Å². The van der Waals surface area contributed by atoms with E-state index in [1.54, 1.807) is 0 Å². The molecule has 128 valence electrons. The Labute approximate surface area is 139 Å². The van der Waals surface area contributed by atoms with Gasteiger partial charge < -0.3 is 9.90 Å². The van der Waals surface area contributed by atoms with E-state index in [4.69, 9.17) is 0 Å².